The smallest absolute Gasteiger partial charge is 0.314 e. The topological polar surface area (TPSA) is 26.3 Å². The summed E-state index contributed by atoms with van der Waals surface area (Å²) in [5, 5.41) is 0. The minimum atomic E-state index is -0.135. The van der Waals surface area contributed by atoms with Gasteiger partial charge in [0, 0.05) is 11.3 Å². The number of ether oxygens (including phenoxy) is 1. The molecule has 0 saturated carbocycles. The Bertz CT molecular complexity index is 181. The number of carbonyl (C=O) groups excluding carboxylic acids is 1. The summed E-state index contributed by atoms with van der Waals surface area (Å²) in [4.78, 5) is 11.9. The van der Waals surface area contributed by atoms with Gasteiger partial charge in [0.2, 0.25) is 0 Å². The third-order valence-corrected chi connectivity index (χ3v) is 2.48. The molecule has 0 bridgehead atoms. The predicted molar refractivity (Wildman–Crippen MR) is 46.6 cm³/mol. The molecule has 2 atom stereocenters. The van der Waals surface area contributed by atoms with E-state index in [9.17, 15) is 4.79 Å². The quantitative estimate of drug-likeness (QED) is 0.468. The Balaban J connectivity index is 2.60. The molecule has 1 aliphatic heterocycles. The van der Waals surface area contributed by atoms with Crippen LogP contribution in [0.3, 0.4) is 0 Å². The molecule has 1 fully saturated rings. The van der Waals surface area contributed by atoms with Gasteiger partial charge in [0.15, 0.2) is 0 Å². The van der Waals surface area contributed by atoms with E-state index < -0.39 is 0 Å². The fourth-order valence-corrected chi connectivity index (χ4v) is 1.46. The zero-order valence-electron chi connectivity index (χ0n) is 6.79. The standard InChI is InChI=1S/C8H12O2S/c1-3-7(11)6-4-5(2)10-8(6)9/h5-6H,3-4H2,1-2H3. The Morgan fingerprint density at radius 1 is 1.82 bits per heavy atom. The van der Waals surface area contributed by atoms with Crippen LogP contribution in [-0.2, 0) is 9.53 Å². The van der Waals surface area contributed by atoms with E-state index in [1.165, 1.54) is 0 Å². The largest absolute Gasteiger partial charge is 0.462 e. The first kappa shape index (κ1) is 8.65. The molecule has 1 aliphatic rings. The number of cyclic esters (lactones) is 1. The number of rotatable bonds is 2. The summed E-state index contributed by atoms with van der Waals surface area (Å²) >= 11 is 5.04. The van der Waals surface area contributed by atoms with Crippen molar-refractivity contribution in [2.24, 2.45) is 5.92 Å². The summed E-state index contributed by atoms with van der Waals surface area (Å²) in [7, 11) is 0. The van der Waals surface area contributed by atoms with Crippen molar-refractivity contribution >= 4 is 23.1 Å². The van der Waals surface area contributed by atoms with Gasteiger partial charge in [-0.1, -0.05) is 19.1 Å². The van der Waals surface area contributed by atoms with E-state index in [1.54, 1.807) is 0 Å². The number of esters is 1. The van der Waals surface area contributed by atoms with Gasteiger partial charge in [0.1, 0.15) is 6.10 Å². The minimum Gasteiger partial charge on any atom is -0.462 e. The average Bonchev–Trinajstić information content (AvgIpc) is 2.28. The van der Waals surface area contributed by atoms with Gasteiger partial charge in [-0.15, -0.1) is 0 Å². The molecular weight excluding hydrogens is 160 g/mol. The Hall–Kier alpha value is -0.440. The van der Waals surface area contributed by atoms with Crippen LogP contribution in [0, 0.1) is 5.92 Å². The van der Waals surface area contributed by atoms with Crippen LogP contribution in [0.25, 0.3) is 0 Å². The Kier molecular flexibility index (Phi) is 2.60. The van der Waals surface area contributed by atoms with Crippen LogP contribution in [0.15, 0.2) is 0 Å². The van der Waals surface area contributed by atoms with Gasteiger partial charge in [0.25, 0.3) is 0 Å². The van der Waals surface area contributed by atoms with Crippen LogP contribution in [0.5, 0.6) is 0 Å². The van der Waals surface area contributed by atoms with E-state index in [0.717, 1.165) is 17.7 Å². The van der Waals surface area contributed by atoms with Gasteiger partial charge in [-0.3, -0.25) is 4.79 Å². The predicted octanol–water partition coefficient (Wildman–Crippen LogP) is 1.72. The first-order chi connectivity index (χ1) is 5.15. The number of hydrogen-bond acceptors (Lipinski definition) is 3. The molecule has 0 aromatic heterocycles. The van der Waals surface area contributed by atoms with Crippen molar-refractivity contribution in [2.45, 2.75) is 32.8 Å². The molecule has 3 heteroatoms. The lowest BCUT2D eigenvalue weighted by Gasteiger charge is -2.02. The van der Waals surface area contributed by atoms with Crippen molar-refractivity contribution in [1.82, 2.24) is 0 Å². The zero-order chi connectivity index (χ0) is 8.43. The summed E-state index contributed by atoms with van der Waals surface area (Å²) in [5.41, 5.74) is 0. The summed E-state index contributed by atoms with van der Waals surface area (Å²) < 4.78 is 4.97. The van der Waals surface area contributed by atoms with Crippen LogP contribution < -0.4 is 0 Å². The monoisotopic (exact) mass is 172 g/mol. The normalized spacial score (nSPS) is 30.2. The van der Waals surface area contributed by atoms with Crippen molar-refractivity contribution in [3.8, 4) is 0 Å². The number of hydrogen-bond donors (Lipinski definition) is 0. The van der Waals surface area contributed by atoms with E-state index in [0.29, 0.717) is 0 Å². The second-order valence-electron chi connectivity index (χ2n) is 2.86. The maximum Gasteiger partial charge on any atom is 0.314 e. The molecule has 1 rings (SSSR count). The van der Waals surface area contributed by atoms with Crippen LogP contribution in [0.2, 0.25) is 0 Å². The molecule has 11 heavy (non-hydrogen) atoms. The molecular formula is C8H12O2S. The maximum absolute atomic E-state index is 11.1. The lowest BCUT2D eigenvalue weighted by atomic mass is 10.0. The fraction of sp³-hybridized carbons (Fsp3) is 0.750. The molecule has 1 heterocycles. The van der Waals surface area contributed by atoms with E-state index >= 15 is 0 Å². The molecule has 0 spiro atoms. The maximum atomic E-state index is 11.1. The van der Waals surface area contributed by atoms with Crippen molar-refractivity contribution in [2.75, 3.05) is 0 Å². The second kappa shape index (κ2) is 3.30. The molecule has 2 nitrogen and oxygen atoms in total. The van der Waals surface area contributed by atoms with E-state index in [-0.39, 0.29) is 18.0 Å². The zero-order valence-corrected chi connectivity index (χ0v) is 7.61. The van der Waals surface area contributed by atoms with Gasteiger partial charge in [0.05, 0.1) is 5.92 Å². The first-order valence-corrected chi connectivity index (χ1v) is 4.29. The fourth-order valence-electron chi connectivity index (χ4n) is 1.27. The SMILES string of the molecule is CCC(=S)C1CC(C)OC1=O. The minimum absolute atomic E-state index is 0.0528. The molecule has 0 radical (unpaired) electrons. The van der Waals surface area contributed by atoms with Crippen LogP contribution in [0.1, 0.15) is 26.7 Å². The second-order valence-corrected chi connectivity index (χ2v) is 3.38. The molecule has 0 aromatic carbocycles. The number of carbonyl (C=O) groups is 1. The molecule has 2 unspecified atom stereocenters. The summed E-state index contributed by atoms with van der Waals surface area (Å²) in [6.45, 7) is 3.87. The van der Waals surface area contributed by atoms with E-state index in [1.807, 2.05) is 13.8 Å². The summed E-state index contributed by atoms with van der Waals surface area (Å²) in [6, 6.07) is 0. The molecule has 0 aromatic rings. The molecule has 62 valence electrons. The van der Waals surface area contributed by atoms with E-state index in [4.69, 9.17) is 17.0 Å². The van der Waals surface area contributed by atoms with Crippen LogP contribution >= 0.6 is 12.2 Å². The lowest BCUT2D eigenvalue weighted by Crippen LogP contribution is -2.16. The lowest BCUT2D eigenvalue weighted by molar-refractivity contribution is -0.142. The van der Waals surface area contributed by atoms with Gasteiger partial charge in [-0.05, 0) is 13.3 Å². The Labute approximate surface area is 71.9 Å². The molecule has 1 saturated heterocycles. The first-order valence-electron chi connectivity index (χ1n) is 3.88. The van der Waals surface area contributed by atoms with E-state index in [2.05, 4.69) is 0 Å². The van der Waals surface area contributed by atoms with Crippen molar-refractivity contribution in [1.29, 1.82) is 0 Å². The highest BCUT2D eigenvalue weighted by Gasteiger charge is 2.33. The van der Waals surface area contributed by atoms with Crippen LogP contribution in [-0.4, -0.2) is 16.9 Å². The van der Waals surface area contributed by atoms with Gasteiger partial charge >= 0.3 is 5.97 Å². The van der Waals surface area contributed by atoms with Gasteiger partial charge in [-0.2, -0.15) is 0 Å². The average molecular weight is 172 g/mol. The highest BCUT2D eigenvalue weighted by molar-refractivity contribution is 7.80. The van der Waals surface area contributed by atoms with Crippen molar-refractivity contribution in [3.63, 3.8) is 0 Å². The summed E-state index contributed by atoms with van der Waals surface area (Å²) in [5.74, 6) is -0.241. The third kappa shape index (κ3) is 1.77. The number of thiocarbonyl (C=S) groups is 1. The van der Waals surface area contributed by atoms with Gasteiger partial charge in [-0.25, -0.2) is 0 Å². The van der Waals surface area contributed by atoms with Crippen molar-refractivity contribution < 1.29 is 9.53 Å². The van der Waals surface area contributed by atoms with Gasteiger partial charge < -0.3 is 4.74 Å². The molecule has 0 amide bonds. The third-order valence-electron chi connectivity index (χ3n) is 1.91. The molecule has 0 aliphatic carbocycles. The van der Waals surface area contributed by atoms with Crippen LogP contribution in [0.4, 0.5) is 0 Å². The highest BCUT2D eigenvalue weighted by atomic mass is 32.1. The van der Waals surface area contributed by atoms with Crippen molar-refractivity contribution in [3.05, 3.63) is 0 Å². The molecule has 0 N–H and O–H groups in total. The Morgan fingerprint density at radius 2 is 2.45 bits per heavy atom. The Morgan fingerprint density at radius 3 is 2.82 bits per heavy atom. The highest BCUT2D eigenvalue weighted by Crippen LogP contribution is 2.23. The summed E-state index contributed by atoms with van der Waals surface area (Å²) in [6.07, 6.45) is 1.62.